The Balaban J connectivity index is 3.63. The highest BCUT2D eigenvalue weighted by Crippen LogP contribution is 3.02. The summed E-state index contributed by atoms with van der Waals surface area (Å²) in [5, 5.41) is 19.2. The minimum Gasteiger partial charge on any atom is -0.258 e. The second kappa shape index (κ2) is 3.57. The van der Waals surface area contributed by atoms with Crippen molar-refractivity contribution in [3.63, 3.8) is 0 Å². The fraction of sp³-hybridized carbons (Fsp3) is 0.222. The van der Waals surface area contributed by atoms with E-state index < -0.39 is 37.2 Å². The Labute approximate surface area is 104 Å². The Morgan fingerprint density at radius 1 is 1.32 bits per heavy atom. The van der Waals surface area contributed by atoms with Gasteiger partial charge in [0.1, 0.15) is 4.90 Å². The van der Waals surface area contributed by atoms with Crippen molar-refractivity contribution in [2.75, 3.05) is 0 Å². The van der Waals surface area contributed by atoms with Crippen LogP contribution in [0.2, 0.25) is 0 Å². The molecule has 10 heteroatoms. The number of hydrogen-bond acceptors (Lipinski definition) is 3. The molecule has 0 spiro atoms. The average molecular weight is 302 g/mol. The van der Waals surface area contributed by atoms with Crippen LogP contribution < -0.4 is 0 Å². The normalized spacial score (nSPS) is 16.9. The van der Waals surface area contributed by atoms with E-state index in [1.54, 1.807) is 0 Å². The molecule has 0 N–H and O–H groups in total. The Kier molecular flexibility index (Phi) is 2.85. The third kappa shape index (κ3) is 3.31. The van der Waals surface area contributed by atoms with Crippen LogP contribution >= 0.6 is 10.2 Å². The molecule has 0 aliphatic heterocycles. The van der Waals surface area contributed by atoms with Crippen molar-refractivity contribution in [2.45, 2.75) is 17.7 Å². The molecule has 0 aliphatic rings. The summed E-state index contributed by atoms with van der Waals surface area (Å²) in [6, 6.07) is 1.72. The van der Waals surface area contributed by atoms with Crippen molar-refractivity contribution in [2.24, 2.45) is 0 Å². The maximum Gasteiger partial charge on any atom is 0.310 e. The van der Waals surface area contributed by atoms with E-state index in [9.17, 15) is 29.5 Å². The highest BCUT2D eigenvalue weighted by atomic mass is 32.5. The van der Waals surface area contributed by atoms with Gasteiger partial charge in [-0.15, -0.1) is 0 Å². The number of nitriles is 1. The first-order chi connectivity index (χ1) is 8.26. The van der Waals surface area contributed by atoms with Gasteiger partial charge in [0.25, 0.3) is 5.69 Å². The Hall–Kier alpha value is -1.89. The number of nitro benzene ring substituents is 1. The highest BCUT2D eigenvalue weighted by Gasteiger charge is 2.65. The van der Waals surface area contributed by atoms with E-state index in [1.807, 2.05) is 0 Å². The number of rotatable bonds is 3. The van der Waals surface area contributed by atoms with Crippen molar-refractivity contribution in [1.82, 2.24) is 0 Å². The zero-order valence-electron chi connectivity index (χ0n) is 9.32. The molecule has 0 saturated carbocycles. The van der Waals surface area contributed by atoms with Gasteiger partial charge in [0.05, 0.1) is 16.9 Å². The smallest absolute Gasteiger partial charge is 0.258 e. The van der Waals surface area contributed by atoms with Gasteiger partial charge in [-0.1, -0.05) is 19.4 Å². The molecule has 0 aromatic heterocycles. The van der Waals surface area contributed by atoms with Crippen LogP contribution in [0.3, 0.4) is 0 Å². The third-order valence-electron chi connectivity index (χ3n) is 2.30. The Morgan fingerprint density at radius 3 is 2.21 bits per heavy atom. The van der Waals surface area contributed by atoms with E-state index in [2.05, 4.69) is 0 Å². The molecule has 1 aromatic carbocycles. The van der Waals surface area contributed by atoms with Gasteiger partial charge < -0.3 is 0 Å². The molecule has 0 aliphatic carbocycles. The molecule has 106 valence electrons. The lowest BCUT2D eigenvalue weighted by atomic mass is 10.0. The molecule has 1 atom stereocenters. The number of benzene rings is 1. The molecule has 1 aromatic rings. The summed E-state index contributed by atoms with van der Waals surface area (Å²) in [5.41, 5.74) is -1.50. The number of nitrogens with zero attached hydrogens (tertiary/aromatic N) is 2. The van der Waals surface area contributed by atoms with E-state index in [-0.39, 0.29) is 12.1 Å². The van der Waals surface area contributed by atoms with Crippen LogP contribution in [0.15, 0.2) is 23.1 Å². The van der Waals surface area contributed by atoms with E-state index in [0.29, 0.717) is 6.07 Å². The summed E-state index contributed by atoms with van der Waals surface area (Å²) in [6.45, 7) is 1.08. The first-order valence-electron chi connectivity index (χ1n) is 4.68. The van der Waals surface area contributed by atoms with Gasteiger partial charge in [-0.05, 0) is 19.1 Å². The van der Waals surface area contributed by atoms with Gasteiger partial charge in [0, 0.05) is 11.6 Å². The molecule has 1 unspecified atom stereocenters. The van der Waals surface area contributed by atoms with E-state index in [4.69, 9.17) is 5.26 Å². The fourth-order valence-corrected chi connectivity index (χ4v) is 2.03. The highest BCUT2D eigenvalue weighted by molar-refractivity contribution is 8.45. The average Bonchev–Trinajstić information content (AvgIpc) is 2.24. The number of hydrogen-bond donors (Lipinski definition) is 0. The first kappa shape index (κ1) is 15.2. The second-order valence-electron chi connectivity index (χ2n) is 3.80. The van der Waals surface area contributed by atoms with Crippen LogP contribution in [0.5, 0.6) is 0 Å². The van der Waals surface area contributed by atoms with Gasteiger partial charge in [-0.25, -0.2) is 0 Å². The monoisotopic (exact) mass is 302 g/mol. The van der Waals surface area contributed by atoms with Crippen LogP contribution in [0.1, 0.15) is 18.4 Å². The molecule has 19 heavy (non-hydrogen) atoms. The maximum absolute atomic E-state index is 12.6. The van der Waals surface area contributed by atoms with E-state index >= 15 is 0 Å². The summed E-state index contributed by atoms with van der Waals surface area (Å²) in [4.78, 5) is 7.32. The molecule has 4 nitrogen and oxygen atoms in total. The summed E-state index contributed by atoms with van der Waals surface area (Å²) >= 11 is 0. The largest absolute Gasteiger partial charge is 0.310 e. The predicted octanol–water partition coefficient (Wildman–Crippen LogP) is 4.88. The van der Waals surface area contributed by atoms with Crippen molar-refractivity contribution < 1.29 is 24.4 Å². The molecular formula is C9H7F5N2O2S. The van der Waals surface area contributed by atoms with Gasteiger partial charge in [0.2, 0.25) is 0 Å². The summed E-state index contributed by atoms with van der Waals surface area (Å²) in [6.07, 6.45) is 0. The topological polar surface area (TPSA) is 66.9 Å². The quantitative estimate of drug-likeness (QED) is 0.454. The van der Waals surface area contributed by atoms with Crippen LogP contribution in [0.25, 0.3) is 0 Å². The zero-order chi connectivity index (χ0) is 15.1. The Morgan fingerprint density at radius 2 is 1.84 bits per heavy atom. The third-order valence-corrected chi connectivity index (χ3v) is 3.45. The number of halogens is 5. The molecule has 0 heterocycles. The minimum absolute atomic E-state index is 0.0342. The lowest BCUT2D eigenvalue weighted by Crippen LogP contribution is -2.08. The van der Waals surface area contributed by atoms with Gasteiger partial charge in [0.15, 0.2) is 0 Å². The van der Waals surface area contributed by atoms with Crippen molar-refractivity contribution in [1.29, 1.82) is 5.26 Å². The molecule has 0 fully saturated rings. The second-order valence-corrected chi connectivity index (χ2v) is 6.21. The van der Waals surface area contributed by atoms with Crippen molar-refractivity contribution in [3.8, 4) is 6.07 Å². The molecule has 0 amide bonds. The van der Waals surface area contributed by atoms with Gasteiger partial charge in [-0.2, -0.15) is 5.26 Å². The Bertz CT molecular complexity index is 593. The summed E-state index contributed by atoms with van der Waals surface area (Å²) in [7, 11) is -9.92. The minimum atomic E-state index is -9.92. The molecule has 0 bridgehead atoms. The number of nitro groups is 1. The lowest BCUT2D eigenvalue weighted by molar-refractivity contribution is -0.385. The standard InChI is InChI=1S/C9H7F5N2O2S/c1-6(5-15)8-4-7(19(10,11,12,13)14)2-3-9(8)16(17)18/h2-4,6H,1H3. The SMILES string of the molecule is CC(C#N)c1cc(S(F)(F)(F)(F)F)ccc1[N+](=O)[O-]. The van der Waals surface area contributed by atoms with Gasteiger partial charge >= 0.3 is 10.2 Å². The van der Waals surface area contributed by atoms with Crippen molar-refractivity contribution in [3.05, 3.63) is 33.9 Å². The molecular weight excluding hydrogens is 295 g/mol. The molecule has 1 rings (SSSR count). The van der Waals surface area contributed by atoms with Crippen LogP contribution in [-0.4, -0.2) is 4.92 Å². The lowest BCUT2D eigenvalue weighted by Gasteiger charge is -2.40. The maximum atomic E-state index is 12.6. The van der Waals surface area contributed by atoms with Crippen LogP contribution in [0, 0.1) is 21.4 Å². The summed E-state index contributed by atoms with van der Waals surface area (Å²) < 4.78 is 62.9. The van der Waals surface area contributed by atoms with E-state index in [1.165, 1.54) is 6.07 Å². The van der Waals surface area contributed by atoms with Crippen LogP contribution in [-0.2, 0) is 0 Å². The molecule has 0 radical (unpaired) electrons. The molecule has 0 saturated heterocycles. The summed E-state index contributed by atoms with van der Waals surface area (Å²) in [5.74, 6) is -1.32. The first-order valence-corrected chi connectivity index (χ1v) is 6.63. The van der Waals surface area contributed by atoms with Gasteiger partial charge in [-0.3, -0.25) is 10.1 Å². The zero-order valence-corrected chi connectivity index (χ0v) is 10.1. The van der Waals surface area contributed by atoms with E-state index in [0.717, 1.165) is 6.92 Å². The predicted molar refractivity (Wildman–Crippen MR) is 58.5 cm³/mol. The van der Waals surface area contributed by atoms with Crippen LogP contribution in [0.4, 0.5) is 25.1 Å². The fourth-order valence-electron chi connectivity index (χ4n) is 1.36. The van der Waals surface area contributed by atoms with Crippen molar-refractivity contribution >= 4 is 15.9 Å².